The summed E-state index contributed by atoms with van der Waals surface area (Å²) in [6.07, 6.45) is 5.84. The maximum atomic E-state index is 15.5. The van der Waals surface area contributed by atoms with Gasteiger partial charge in [0.2, 0.25) is 5.91 Å². The number of halogens is 2. The zero-order valence-corrected chi connectivity index (χ0v) is 22.7. The summed E-state index contributed by atoms with van der Waals surface area (Å²) in [6, 6.07) is 8.46. The Balaban J connectivity index is 1.36. The standard InChI is InChI=1S/C28H25ClFN5O2S/c1-14-12-31-21(16-5-4-6-20(25(16)30)33-27(37)28(3)7-8-28)11-23(14)35-15(2)9-19(24(29)26(35)36)17-10-18(17)22-13-32-38-34-22/h4-6,9,11-13,17-18H,7-8,10H2,1-3H3,(H,33,37)/t17-,18-/m0/s1. The van der Waals surface area contributed by atoms with Crippen LogP contribution in [0, 0.1) is 25.1 Å². The zero-order valence-electron chi connectivity index (χ0n) is 21.1. The van der Waals surface area contributed by atoms with Crippen LogP contribution in [-0.2, 0) is 4.79 Å². The van der Waals surface area contributed by atoms with E-state index >= 15 is 4.39 Å². The van der Waals surface area contributed by atoms with Crippen LogP contribution in [0.5, 0.6) is 0 Å². The fourth-order valence-corrected chi connectivity index (χ4v) is 5.68. The number of benzene rings is 1. The highest BCUT2D eigenvalue weighted by atomic mass is 35.5. The highest BCUT2D eigenvalue weighted by Crippen LogP contribution is 2.55. The maximum Gasteiger partial charge on any atom is 0.274 e. The minimum Gasteiger partial charge on any atom is -0.323 e. The van der Waals surface area contributed by atoms with Crippen molar-refractivity contribution in [2.45, 2.75) is 51.9 Å². The minimum atomic E-state index is -0.568. The van der Waals surface area contributed by atoms with Crippen LogP contribution in [0.25, 0.3) is 16.9 Å². The van der Waals surface area contributed by atoms with Gasteiger partial charge >= 0.3 is 0 Å². The van der Waals surface area contributed by atoms with Crippen LogP contribution in [0.2, 0.25) is 5.02 Å². The number of nitrogens with one attached hydrogen (secondary N) is 1. The van der Waals surface area contributed by atoms with Gasteiger partial charge in [0, 0.05) is 28.8 Å². The van der Waals surface area contributed by atoms with Crippen molar-refractivity contribution >= 4 is 34.9 Å². The number of pyridine rings is 2. The molecule has 1 N–H and O–H groups in total. The first-order valence-corrected chi connectivity index (χ1v) is 13.6. The van der Waals surface area contributed by atoms with Gasteiger partial charge in [0.1, 0.15) is 5.02 Å². The molecule has 0 radical (unpaired) electrons. The van der Waals surface area contributed by atoms with Crippen LogP contribution < -0.4 is 10.9 Å². The number of hydrogen-bond donors (Lipinski definition) is 1. The molecule has 38 heavy (non-hydrogen) atoms. The number of amides is 1. The van der Waals surface area contributed by atoms with Gasteiger partial charge in [0.15, 0.2) is 5.82 Å². The van der Waals surface area contributed by atoms with E-state index in [0.29, 0.717) is 11.4 Å². The van der Waals surface area contributed by atoms with Crippen molar-refractivity contribution in [2.24, 2.45) is 5.41 Å². The molecule has 1 amide bonds. The lowest BCUT2D eigenvalue weighted by atomic mass is 10.1. The van der Waals surface area contributed by atoms with E-state index in [1.807, 2.05) is 26.8 Å². The van der Waals surface area contributed by atoms with Gasteiger partial charge < -0.3 is 5.32 Å². The summed E-state index contributed by atoms with van der Waals surface area (Å²) in [5.74, 6) is -0.409. The monoisotopic (exact) mass is 549 g/mol. The second-order valence-corrected chi connectivity index (χ2v) is 11.4. The number of anilines is 1. The average Bonchev–Trinajstić information content (AvgIpc) is 3.80. The molecule has 3 aromatic heterocycles. The first-order valence-electron chi connectivity index (χ1n) is 12.4. The SMILES string of the molecule is Cc1cnc(-c2cccc(NC(=O)C3(C)CC3)c2F)cc1-n1c(C)cc([C@H]2C[C@@H]2c2cnsn2)c(Cl)c1=O. The summed E-state index contributed by atoms with van der Waals surface area (Å²) in [5.41, 5.74) is 3.71. The minimum absolute atomic E-state index is 0.111. The second-order valence-electron chi connectivity index (χ2n) is 10.5. The fraction of sp³-hybridized carbons (Fsp3) is 0.321. The Hall–Kier alpha value is -3.43. The number of nitrogens with zero attached hydrogens (tertiary/aromatic N) is 4. The molecular weight excluding hydrogens is 525 g/mol. The van der Waals surface area contributed by atoms with Crippen LogP contribution in [0.3, 0.4) is 0 Å². The van der Waals surface area contributed by atoms with E-state index in [-0.39, 0.29) is 39.6 Å². The van der Waals surface area contributed by atoms with Crippen molar-refractivity contribution < 1.29 is 9.18 Å². The number of rotatable bonds is 6. The van der Waals surface area contributed by atoms with E-state index in [0.717, 1.165) is 41.8 Å². The molecule has 0 unspecified atom stereocenters. The van der Waals surface area contributed by atoms with Crippen molar-refractivity contribution in [3.05, 3.63) is 86.4 Å². The van der Waals surface area contributed by atoms with Crippen LogP contribution in [-0.4, -0.2) is 24.2 Å². The number of aryl methyl sites for hydroxylation is 2. The Morgan fingerprint density at radius 1 is 1.21 bits per heavy atom. The van der Waals surface area contributed by atoms with Crippen LogP contribution in [0.15, 0.2) is 47.5 Å². The molecule has 194 valence electrons. The molecule has 2 saturated carbocycles. The van der Waals surface area contributed by atoms with Gasteiger partial charge in [-0.3, -0.25) is 19.1 Å². The lowest BCUT2D eigenvalue weighted by Crippen LogP contribution is -2.23. The lowest BCUT2D eigenvalue weighted by molar-refractivity contribution is -0.120. The van der Waals surface area contributed by atoms with Gasteiger partial charge in [-0.25, -0.2) is 4.39 Å². The third kappa shape index (κ3) is 4.23. The lowest BCUT2D eigenvalue weighted by Gasteiger charge is -2.17. The Morgan fingerprint density at radius 2 is 2.00 bits per heavy atom. The van der Waals surface area contributed by atoms with Crippen molar-refractivity contribution in [2.75, 3.05) is 5.32 Å². The molecule has 7 nitrogen and oxygen atoms in total. The number of hydrogen-bond acceptors (Lipinski definition) is 6. The summed E-state index contributed by atoms with van der Waals surface area (Å²) in [5, 5.41) is 2.89. The predicted octanol–water partition coefficient (Wildman–Crippen LogP) is 6.17. The quantitative estimate of drug-likeness (QED) is 0.310. The molecule has 0 saturated heterocycles. The molecule has 2 aliphatic rings. The zero-order chi connectivity index (χ0) is 26.8. The summed E-state index contributed by atoms with van der Waals surface area (Å²) < 4.78 is 25.5. The largest absolute Gasteiger partial charge is 0.323 e. The smallest absolute Gasteiger partial charge is 0.274 e. The summed E-state index contributed by atoms with van der Waals surface area (Å²) in [6.45, 7) is 5.57. The molecule has 4 aromatic rings. The molecule has 1 aromatic carbocycles. The Kier molecular flexibility index (Phi) is 5.96. The van der Waals surface area contributed by atoms with E-state index in [1.54, 1.807) is 35.2 Å². The van der Waals surface area contributed by atoms with E-state index in [2.05, 4.69) is 19.0 Å². The Morgan fingerprint density at radius 3 is 2.71 bits per heavy atom. The predicted molar refractivity (Wildman–Crippen MR) is 146 cm³/mol. The molecule has 0 aliphatic heterocycles. The van der Waals surface area contributed by atoms with Gasteiger partial charge in [0.05, 0.1) is 40.7 Å². The van der Waals surface area contributed by atoms with Gasteiger partial charge in [0.25, 0.3) is 5.56 Å². The number of aromatic nitrogens is 4. The summed E-state index contributed by atoms with van der Waals surface area (Å²) in [4.78, 5) is 30.5. The summed E-state index contributed by atoms with van der Waals surface area (Å²) >= 11 is 7.82. The highest BCUT2D eigenvalue weighted by molar-refractivity contribution is 6.99. The van der Waals surface area contributed by atoms with E-state index in [1.165, 1.54) is 17.8 Å². The topological polar surface area (TPSA) is 89.8 Å². The third-order valence-corrected chi connectivity index (χ3v) is 8.57. The van der Waals surface area contributed by atoms with E-state index in [9.17, 15) is 9.59 Å². The van der Waals surface area contributed by atoms with Gasteiger partial charge in [-0.05, 0) is 74.4 Å². The normalized spacial score (nSPS) is 19.3. The molecule has 0 spiro atoms. The van der Waals surface area contributed by atoms with Crippen molar-refractivity contribution in [1.29, 1.82) is 0 Å². The third-order valence-electron chi connectivity index (χ3n) is 7.70. The van der Waals surface area contributed by atoms with E-state index < -0.39 is 11.2 Å². The first kappa shape index (κ1) is 24.9. The van der Waals surface area contributed by atoms with Crippen LogP contribution >= 0.6 is 23.3 Å². The number of carbonyl (C=O) groups excluding carboxylic acids is 1. The fourth-order valence-electron chi connectivity index (χ4n) is 4.92. The van der Waals surface area contributed by atoms with E-state index in [4.69, 9.17) is 11.6 Å². The van der Waals surface area contributed by atoms with Gasteiger partial charge in [-0.2, -0.15) is 8.75 Å². The van der Waals surface area contributed by atoms with Gasteiger partial charge in [-0.15, -0.1) is 0 Å². The molecule has 2 aliphatic carbocycles. The highest BCUT2D eigenvalue weighted by Gasteiger charge is 2.45. The molecule has 10 heteroatoms. The van der Waals surface area contributed by atoms with Crippen molar-refractivity contribution in [1.82, 2.24) is 18.3 Å². The first-order chi connectivity index (χ1) is 18.2. The van der Waals surface area contributed by atoms with Crippen LogP contribution in [0.4, 0.5) is 10.1 Å². The second kappa shape index (κ2) is 9.10. The molecule has 2 atom stereocenters. The Labute approximate surface area is 228 Å². The molecule has 2 fully saturated rings. The molecule has 3 heterocycles. The molecule has 6 rings (SSSR count). The van der Waals surface area contributed by atoms with Gasteiger partial charge in [-0.1, -0.05) is 24.6 Å². The number of carbonyl (C=O) groups is 1. The summed E-state index contributed by atoms with van der Waals surface area (Å²) in [7, 11) is 0. The average molecular weight is 550 g/mol. The molecule has 0 bridgehead atoms. The maximum absolute atomic E-state index is 15.5. The van der Waals surface area contributed by atoms with Crippen molar-refractivity contribution in [3.8, 4) is 16.9 Å². The molecular formula is C28H25ClFN5O2S. The Bertz CT molecular complexity index is 1650. The van der Waals surface area contributed by atoms with Crippen LogP contribution in [0.1, 0.15) is 60.5 Å². The van der Waals surface area contributed by atoms with Crippen molar-refractivity contribution in [3.63, 3.8) is 0 Å².